The van der Waals surface area contributed by atoms with Crippen molar-refractivity contribution < 1.29 is 14.3 Å². The third-order valence-corrected chi connectivity index (χ3v) is 5.01. The SMILES string of the molecule is COc1ccc(OC)c(/C=C/C(=O)Nc2ccc(Nc3cc(-c4ccccc4)ncn3)cc2)c1. The summed E-state index contributed by atoms with van der Waals surface area (Å²) in [5, 5.41) is 6.11. The first-order chi connectivity index (χ1) is 16.6. The molecule has 0 bridgehead atoms. The zero-order valence-corrected chi connectivity index (χ0v) is 18.9. The van der Waals surface area contributed by atoms with Crippen molar-refractivity contribution in [2.75, 3.05) is 24.9 Å². The molecule has 3 aromatic carbocycles. The van der Waals surface area contributed by atoms with E-state index in [0.717, 1.165) is 22.5 Å². The normalized spacial score (nSPS) is 10.6. The Morgan fingerprint density at radius 3 is 2.35 bits per heavy atom. The number of methoxy groups -OCH3 is 2. The van der Waals surface area contributed by atoms with Crippen molar-refractivity contribution in [2.24, 2.45) is 0 Å². The van der Waals surface area contributed by atoms with Gasteiger partial charge >= 0.3 is 0 Å². The lowest BCUT2D eigenvalue weighted by Crippen LogP contribution is -2.07. The van der Waals surface area contributed by atoms with Gasteiger partial charge in [-0.15, -0.1) is 0 Å². The average molecular weight is 453 g/mol. The largest absolute Gasteiger partial charge is 0.497 e. The van der Waals surface area contributed by atoms with Crippen LogP contribution < -0.4 is 20.1 Å². The molecule has 0 atom stereocenters. The Kier molecular flexibility index (Phi) is 7.15. The summed E-state index contributed by atoms with van der Waals surface area (Å²) in [6, 6.07) is 24.6. The van der Waals surface area contributed by atoms with Crippen LogP contribution in [-0.4, -0.2) is 30.1 Å². The predicted molar refractivity (Wildman–Crippen MR) is 134 cm³/mol. The fourth-order valence-corrected chi connectivity index (χ4v) is 3.30. The molecule has 1 amide bonds. The van der Waals surface area contributed by atoms with Crippen molar-refractivity contribution in [3.05, 3.63) is 96.8 Å². The zero-order chi connectivity index (χ0) is 23.8. The van der Waals surface area contributed by atoms with E-state index in [2.05, 4.69) is 20.6 Å². The van der Waals surface area contributed by atoms with Crippen molar-refractivity contribution in [3.63, 3.8) is 0 Å². The first-order valence-corrected chi connectivity index (χ1v) is 10.6. The zero-order valence-electron chi connectivity index (χ0n) is 18.9. The molecule has 0 aliphatic carbocycles. The number of ether oxygens (including phenoxy) is 2. The molecule has 0 fully saturated rings. The fourth-order valence-electron chi connectivity index (χ4n) is 3.30. The van der Waals surface area contributed by atoms with Crippen LogP contribution in [0.2, 0.25) is 0 Å². The van der Waals surface area contributed by atoms with E-state index < -0.39 is 0 Å². The van der Waals surface area contributed by atoms with Crippen LogP contribution in [0.1, 0.15) is 5.56 Å². The lowest BCUT2D eigenvalue weighted by molar-refractivity contribution is -0.111. The smallest absolute Gasteiger partial charge is 0.248 e. The van der Waals surface area contributed by atoms with Crippen LogP contribution in [-0.2, 0) is 4.79 Å². The third kappa shape index (κ3) is 5.77. The van der Waals surface area contributed by atoms with E-state index in [9.17, 15) is 4.79 Å². The lowest BCUT2D eigenvalue weighted by atomic mass is 10.1. The second-order valence-corrected chi connectivity index (χ2v) is 7.29. The molecule has 0 saturated heterocycles. The third-order valence-electron chi connectivity index (χ3n) is 5.01. The summed E-state index contributed by atoms with van der Waals surface area (Å²) < 4.78 is 10.6. The van der Waals surface area contributed by atoms with Crippen LogP contribution in [0.25, 0.3) is 17.3 Å². The molecule has 4 rings (SSSR count). The molecule has 170 valence electrons. The van der Waals surface area contributed by atoms with Crippen molar-refractivity contribution in [3.8, 4) is 22.8 Å². The highest BCUT2D eigenvalue weighted by Gasteiger charge is 2.05. The number of amides is 1. The number of hydrogen-bond donors (Lipinski definition) is 2. The Bertz CT molecular complexity index is 1290. The molecule has 0 unspecified atom stereocenters. The van der Waals surface area contributed by atoms with Gasteiger partial charge in [0.1, 0.15) is 23.6 Å². The quantitative estimate of drug-likeness (QED) is 0.341. The van der Waals surface area contributed by atoms with Crippen LogP contribution in [0.15, 0.2) is 91.3 Å². The van der Waals surface area contributed by atoms with E-state index in [1.165, 1.54) is 12.4 Å². The maximum absolute atomic E-state index is 12.4. The van der Waals surface area contributed by atoms with Gasteiger partial charge in [-0.2, -0.15) is 0 Å². The first-order valence-electron chi connectivity index (χ1n) is 10.6. The average Bonchev–Trinajstić information content (AvgIpc) is 2.89. The maximum atomic E-state index is 12.4. The van der Waals surface area contributed by atoms with Crippen molar-refractivity contribution in [2.45, 2.75) is 0 Å². The van der Waals surface area contributed by atoms with Gasteiger partial charge in [-0.25, -0.2) is 9.97 Å². The maximum Gasteiger partial charge on any atom is 0.248 e. The minimum absolute atomic E-state index is 0.256. The molecule has 2 N–H and O–H groups in total. The van der Waals surface area contributed by atoms with E-state index >= 15 is 0 Å². The molecular formula is C27H24N4O3. The number of hydrogen-bond acceptors (Lipinski definition) is 6. The molecule has 1 heterocycles. The molecule has 4 aromatic rings. The van der Waals surface area contributed by atoms with E-state index in [-0.39, 0.29) is 5.91 Å². The summed E-state index contributed by atoms with van der Waals surface area (Å²) in [6.45, 7) is 0. The fraction of sp³-hybridized carbons (Fsp3) is 0.0741. The van der Waals surface area contributed by atoms with Gasteiger partial charge in [0.25, 0.3) is 0 Å². The van der Waals surface area contributed by atoms with E-state index in [4.69, 9.17) is 9.47 Å². The first kappa shape index (κ1) is 22.5. The number of rotatable bonds is 8. The standard InChI is InChI=1S/C27H24N4O3/c1-33-23-13-14-25(34-2)20(16-23)8-15-27(32)31-22-11-9-21(10-12-22)30-26-17-24(28-18-29-26)19-6-4-3-5-7-19/h3-18H,1-2H3,(H,31,32)(H,28,29,30)/b15-8+. The van der Waals surface area contributed by atoms with Gasteiger partial charge in [-0.1, -0.05) is 30.3 Å². The second-order valence-electron chi connectivity index (χ2n) is 7.29. The van der Waals surface area contributed by atoms with Crippen molar-refractivity contribution in [1.82, 2.24) is 9.97 Å². The molecule has 0 saturated carbocycles. The minimum atomic E-state index is -0.256. The molecule has 0 aliphatic heterocycles. The molecule has 34 heavy (non-hydrogen) atoms. The highest BCUT2D eigenvalue weighted by molar-refractivity contribution is 6.02. The van der Waals surface area contributed by atoms with Gasteiger partial charge in [-0.3, -0.25) is 4.79 Å². The number of anilines is 3. The Morgan fingerprint density at radius 2 is 1.62 bits per heavy atom. The molecule has 0 radical (unpaired) electrons. The van der Waals surface area contributed by atoms with E-state index in [0.29, 0.717) is 23.0 Å². The lowest BCUT2D eigenvalue weighted by Gasteiger charge is -2.09. The van der Waals surface area contributed by atoms with Gasteiger partial charge in [-0.05, 0) is 48.5 Å². The van der Waals surface area contributed by atoms with Crippen LogP contribution in [0.3, 0.4) is 0 Å². The molecule has 7 nitrogen and oxygen atoms in total. The number of carbonyl (C=O) groups excluding carboxylic acids is 1. The van der Waals surface area contributed by atoms with Crippen LogP contribution in [0.4, 0.5) is 17.2 Å². The summed E-state index contributed by atoms with van der Waals surface area (Å²) in [5.41, 5.74) is 4.11. The van der Waals surface area contributed by atoms with E-state index in [1.807, 2.05) is 60.7 Å². The molecule has 1 aromatic heterocycles. The summed E-state index contributed by atoms with van der Waals surface area (Å²) in [6.07, 6.45) is 4.67. The second kappa shape index (κ2) is 10.8. The summed E-state index contributed by atoms with van der Waals surface area (Å²) >= 11 is 0. The Morgan fingerprint density at radius 1 is 0.853 bits per heavy atom. The Hall–Kier alpha value is -4.65. The molecule has 0 spiro atoms. The van der Waals surface area contributed by atoms with Gasteiger partial charge in [0.15, 0.2) is 0 Å². The molecule has 0 aliphatic rings. The highest BCUT2D eigenvalue weighted by Crippen LogP contribution is 2.25. The number of carbonyl (C=O) groups is 1. The number of aromatic nitrogens is 2. The summed E-state index contributed by atoms with van der Waals surface area (Å²) in [4.78, 5) is 21.0. The predicted octanol–water partition coefficient (Wildman–Crippen LogP) is 5.56. The summed E-state index contributed by atoms with van der Waals surface area (Å²) in [7, 11) is 3.17. The number of benzene rings is 3. The highest BCUT2D eigenvalue weighted by atomic mass is 16.5. The number of nitrogens with one attached hydrogen (secondary N) is 2. The van der Waals surface area contributed by atoms with Gasteiger partial charge < -0.3 is 20.1 Å². The van der Waals surface area contributed by atoms with Crippen LogP contribution in [0, 0.1) is 0 Å². The minimum Gasteiger partial charge on any atom is -0.497 e. The topological polar surface area (TPSA) is 85.4 Å². The van der Waals surface area contributed by atoms with Crippen molar-refractivity contribution in [1.29, 1.82) is 0 Å². The van der Waals surface area contributed by atoms with Gasteiger partial charge in [0, 0.05) is 34.6 Å². The van der Waals surface area contributed by atoms with Gasteiger partial charge in [0.05, 0.1) is 19.9 Å². The van der Waals surface area contributed by atoms with Crippen LogP contribution in [0.5, 0.6) is 11.5 Å². The Labute approximate surface area is 198 Å². The molecular weight excluding hydrogens is 428 g/mol. The van der Waals surface area contributed by atoms with E-state index in [1.54, 1.807) is 38.5 Å². The van der Waals surface area contributed by atoms with Crippen LogP contribution >= 0.6 is 0 Å². The number of nitrogens with zero attached hydrogens (tertiary/aromatic N) is 2. The van der Waals surface area contributed by atoms with Crippen molar-refractivity contribution >= 4 is 29.2 Å². The monoisotopic (exact) mass is 452 g/mol. The Balaban J connectivity index is 1.39. The molecule has 7 heteroatoms. The van der Waals surface area contributed by atoms with Gasteiger partial charge in [0.2, 0.25) is 5.91 Å². The summed E-state index contributed by atoms with van der Waals surface area (Å²) in [5.74, 6) is 1.76.